The van der Waals surface area contributed by atoms with Crippen molar-refractivity contribution in [2.75, 3.05) is 13.1 Å². The molecule has 0 saturated carbocycles. The maximum absolute atomic E-state index is 12.7. The molecule has 1 aliphatic rings. The summed E-state index contributed by atoms with van der Waals surface area (Å²) in [5.41, 5.74) is 0.931. The Balaban J connectivity index is 1.93. The van der Waals surface area contributed by atoms with E-state index in [9.17, 15) is 9.18 Å². The Morgan fingerprint density at radius 3 is 2.71 bits per heavy atom. The molecule has 3 nitrogen and oxygen atoms in total. The molecule has 1 N–H and O–H groups in total. The topological polar surface area (TPSA) is 40.5 Å². The summed E-state index contributed by atoms with van der Waals surface area (Å²) < 4.78 is 12.7. The van der Waals surface area contributed by atoms with Crippen LogP contribution in [0.15, 0.2) is 30.3 Å². The van der Waals surface area contributed by atoms with Crippen LogP contribution < -0.4 is 0 Å². The van der Waals surface area contributed by atoms with E-state index in [2.05, 4.69) is 0 Å². The van der Waals surface area contributed by atoms with Crippen LogP contribution in [0.3, 0.4) is 0 Å². The van der Waals surface area contributed by atoms with Crippen LogP contribution in [0.25, 0.3) is 6.08 Å². The molecule has 17 heavy (non-hydrogen) atoms. The predicted molar refractivity (Wildman–Crippen MR) is 63.1 cm³/mol. The molecular formula is C13H14FNO2. The van der Waals surface area contributed by atoms with Gasteiger partial charge < -0.3 is 10.0 Å². The molecule has 4 heteroatoms. The van der Waals surface area contributed by atoms with Gasteiger partial charge in [-0.05, 0) is 30.0 Å². The number of carboxylic acid groups (broad SMARTS) is 1. The third kappa shape index (κ3) is 3.06. The Hall–Kier alpha value is -1.84. The average molecular weight is 235 g/mol. The van der Waals surface area contributed by atoms with Gasteiger partial charge in [-0.3, -0.25) is 0 Å². The van der Waals surface area contributed by atoms with Crippen LogP contribution in [0, 0.1) is 11.7 Å². The largest absolute Gasteiger partial charge is 0.465 e. The Morgan fingerprint density at radius 2 is 2.12 bits per heavy atom. The van der Waals surface area contributed by atoms with Gasteiger partial charge in [-0.1, -0.05) is 24.3 Å². The van der Waals surface area contributed by atoms with E-state index in [1.54, 1.807) is 12.1 Å². The van der Waals surface area contributed by atoms with Gasteiger partial charge in [-0.2, -0.15) is 0 Å². The molecule has 0 bridgehead atoms. The third-order valence-electron chi connectivity index (χ3n) is 2.93. The number of benzene rings is 1. The lowest BCUT2D eigenvalue weighted by atomic mass is 10.1. The van der Waals surface area contributed by atoms with Gasteiger partial charge >= 0.3 is 6.09 Å². The summed E-state index contributed by atoms with van der Waals surface area (Å²) in [5, 5.41) is 8.81. The molecule has 1 atom stereocenters. The summed E-state index contributed by atoms with van der Waals surface area (Å²) in [6.07, 6.45) is 3.90. The highest BCUT2D eigenvalue weighted by atomic mass is 19.1. The molecule has 1 unspecified atom stereocenters. The molecule has 1 aromatic carbocycles. The summed E-state index contributed by atoms with van der Waals surface area (Å²) in [5.74, 6) is 0.0104. The van der Waals surface area contributed by atoms with Gasteiger partial charge in [0.05, 0.1) is 0 Å². The molecule has 1 aliphatic heterocycles. The van der Waals surface area contributed by atoms with E-state index in [4.69, 9.17) is 5.11 Å². The lowest BCUT2D eigenvalue weighted by Crippen LogP contribution is -2.26. The molecule has 1 heterocycles. The Labute approximate surface area is 99.2 Å². The van der Waals surface area contributed by atoms with Gasteiger partial charge in [-0.15, -0.1) is 0 Å². The second-order valence-electron chi connectivity index (χ2n) is 4.19. The summed E-state index contributed by atoms with van der Waals surface area (Å²) in [4.78, 5) is 12.1. The van der Waals surface area contributed by atoms with Crippen LogP contribution in [0.4, 0.5) is 9.18 Å². The van der Waals surface area contributed by atoms with E-state index in [0.29, 0.717) is 13.1 Å². The van der Waals surface area contributed by atoms with Crippen LogP contribution in [0.2, 0.25) is 0 Å². The van der Waals surface area contributed by atoms with E-state index in [-0.39, 0.29) is 11.7 Å². The van der Waals surface area contributed by atoms with Crippen molar-refractivity contribution in [2.45, 2.75) is 6.42 Å². The Kier molecular flexibility index (Phi) is 3.42. The fourth-order valence-corrected chi connectivity index (χ4v) is 1.94. The smallest absolute Gasteiger partial charge is 0.407 e. The van der Waals surface area contributed by atoms with Crippen molar-refractivity contribution in [2.24, 2.45) is 5.92 Å². The third-order valence-corrected chi connectivity index (χ3v) is 2.93. The van der Waals surface area contributed by atoms with Gasteiger partial charge in [0.1, 0.15) is 5.82 Å². The van der Waals surface area contributed by atoms with Crippen molar-refractivity contribution in [1.29, 1.82) is 0 Å². The highest BCUT2D eigenvalue weighted by molar-refractivity contribution is 5.65. The Bertz CT molecular complexity index is 428. The number of halogens is 1. The van der Waals surface area contributed by atoms with Crippen LogP contribution in [0.1, 0.15) is 12.0 Å². The van der Waals surface area contributed by atoms with E-state index in [1.165, 1.54) is 17.0 Å². The summed E-state index contributed by atoms with van der Waals surface area (Å²) in [6.45, 7) is 1.14. The first kappa shape index (κ1) is 11.6. The van der Waals surface area contributed by atoms with E-state index >= 15 is 0 Å². The molecule has 1 saturated heterocycles. The predicted octanol–water partition coefficient (Wildman–Crippen LogP) is 2.84. The zero-order valence-corrected chi connectivity index (χ0v) is 9.34. The summed E-state index contributed by atoms with van der Waals surface area (Å²) in [6, 6.07) is 6.24. The molecule has 0 aliphatic carbocycles. The van der Waals surface area contributed by atoms with Crippen LogP contribution >= 0.6 is 0 Å². The number of carbonyl (C=O) groups is 1. The molecule has 0 spiro atoms. The number of nitrogens with zero attached hydrogens (tertiary/aromatic N) is 1. The zero-order chi connectivity index (χ0) is 12.3. The fraction of sp³-hybridized carbons (Fsp3) is 0.308. The lowest BCUT2D eigenvalue weighted by Gasteiger charge is -2.09. The van der Waals surface area contributed by atoms with Crippen LogP contribution in [-0.4, -0.2) is 29.2 Å². The monoisotopic (exact) mass is 235 g/mol. The maximum atomic E-state index is 12.7. The van der Waals surface area contributed by atoms with E-state index in [1.807, 2.05) is 12.2 Å². The first-order valence-electron chi connectivity index (χ1n) is 5.57. The number of amides is 1. The Morgan fingerprint density at radius 1 is 1.41 bits per heavy atom. The minimum absolute atomic E-state index is 0.250. The first-order valence-corrected chi connectivity index (χ1v) is 5.57. The first-order chi connectivity index (χ1) is 8.15. The normalized spacial score (nSPS) is 20.1. The van der Waals surface area contributed by atoms with Gasteiger partial charge in [0.25, 0.3) is 0 Å². The maximum Gasteiger partial charge on any atom is 0.407 e. The van der Waals surface area contributed by atoms with Gasteiger partial charge in [-0.25, -0.2) is 9.18 Å². The molecule has 90 valence electrons. The highest BCUT2D eigenvalue weighted by Crippen LogP contribution is 2.18. The molecular weight excluding hydrogens is 221 g/mol. The standard InChI is InChI=1S/C13H14FNO2/c14-12-5-3-10(4-6-12)1-2-11-7-8-15(9-11)13(16)17/h1-6,11H,7-9H2,(H,16,17)/b2-1+. The number of hydrogen-bond acceptors (Lipinski definition) is 1. The van der Waals surface area contributed by atoms with Gasteiger partial charge in [0.15, 0.2) is 0 Å². The van der Waals surface area contributed by atoms with Crippen molar-refractivity contribution >= 4 is 12.2 Å². The number of likely N-dealkylation sites (tertiary alicyclic amines) is 1. The second-order valence-corrected chi connectivity index (χ2v) is 4.19. The summed E-state index contributed by atoms with van der Waals surface area (Å²) >= 11 is 0. The fourth-order valence-electron chi connectivity index (χ4n) is 1.94. The second kappa shape index (κ2) is 4.99. The van der Waals surface area contributed by atoms with Crippen molar-refractivity contribution in [3.8, 4) is 0 Å². The van der Waals surface area contributed by atoms with Crippen LogP contribution in [0.5, 0.6) is 0 Å². The van der Waals surface area contributed by atoms with Crippen molar-refractivity contribution < 1.29 is 14.3 Å². The molecule has 1 fully saturated rings. The highest BCUT2D eigenvalue weighted by Gasteiger charge is 2.23. The number of hydrogen-bond donors (Lipinski definition) is 1. The molecule has 2 rings (SSSR count). The lowest BCUT2D eigenvalue weighted by molar-refractivity contribution is 0.155. The SMILES string of the molecule is O=C(O)N1CCC(/C=C/c2ccc(F)cc2)C1. The molecule has 0 radical (unpaired) electrons. The average Bonchev–Trinajstić information content (AvgIpc) is 2.77. The summed E-state index contributed by atoms with van der Waals surface area (Å²) in [7, 11) is 0. The quantitative estimate of drug-likeness (QED) is 0.856. The number of rotatable bonds is 2. The van der Waals surface area contributed by atoms with Crippen molar-refractivity contribution in [3.05, 3.63) is 41.7 Å². The van der Waals surface area contributed by atoms with Gasteiger partial charge in [0.2, 0.25) is 0 Å². The van der Waals surface area contributed by atoms with Crippen LogP contribution in [-0.2, 0) is 0 Å². The van der Waals surface area contributed by atoms with E-state index in [0.717, 1.165) is 12.0 Å². The molecule has 1 aromatic rings. The van der Waals surface area contributed by atoms with Crippen molar-refractivity contribution in [1.82, 2.24) is 4.90 Å². The van der Waals surface area contributed by atoms with E-state index < -0.39 is 6.09 Å². The minimum atomic E-state index is -0.859. The zero-order valence-electron chi connectivity index (χ0n) is 9.34. The molecule has 1 amide bonds. The van der Waals surface area contributed by atoms with Gasteiger partial charge in [0, 0.05) is 13.1 Å². The minimum Gasteiger partial charge on any atom is -0.465 e. The van der Waals surface area contributed by atoms with Crippen molar-refractivity contribution in [3.63, 3.8) is 0 Å². The molecule has 0 aromatic heterocycles.